The molecule has 0 unspecified atom stereocenters. The third-order valence-corrected chi connectivity index (χ3v) is 6.22. The predicted octanol–water partition coefficient (Wildman–Crippen LogP) is 1.56. The minimum atomic E-state index is -3.93. The first-order chi connectivity index (χ1) is 14.6. The number of hydrogen-bond acceptors (Lipinski definition) is 8. The van der Waals surface area contributed by atoms with Gasteiger partial charge in [0.2, 0.25) is 10.0 Å². The van der Waals surface area contributed by atoms with Crippen LogP contribution in [0.2, 0.25) is 0 Å². The van der Waals surface area contributed by atoms with Gasteiger partial charge >= 0.3 is 5.97 Å². The Labute approximate surface area is 179 Å². The zero-order valence-electron chi connectivity index (χ0n) is 16.0. The second kappa shape index (κ2) is 8.75. The van der Waals surface area contributed by atoms with E-state index in [0.29, 0.717) is 10.2 Å². The van der Waals surface area contributed by atoms with Gasteiger partial charge in [-0.05, 0) is 30.3 Å². The Bertz CT molecular complexity index is 1360. The maximum absolute atomic E-state index is 12.6. The fourth-order valence-electron chi connectivity index (χ4n) is 2.71. The molecule has 1 aromatic heterocycles. The van der Waals surface area contributed by atoms with Crippen LogP contribution in [0.3, 0.4) is 0 Å². The number of rotatable bonds is 6. The largest absolute Gasteiger partial charge is 0.469 e. The number of nitro groups is 1. The lowest BCUT2D eigenvalue weighted by Crippen LogP contribution is -2.19. The molecule has 31 heavy (non-hydrogen) atoms. The molecule has 13 heteroatoms. The summed E-state index contributed by atoms with van der Waals surface area (Å²) < 4.78 is 30.0. The van der Waals surface area contributed by atoms with Crippen LogP contribution in [0.4, 0.5) is 5.69 Å². The monoisotopic (exact) mass is 464 g/mol. The number of hydrogen-bond donors (Lipinski definition) is 1. The molecule has 0 bridgehead atoms. The van der Waals surface area contributed by atoms with Gasteiger partial charge in [-0.3, -0.25) is 19.7 Å². The van der Waals surface area contributed by atoms with Crippen molar-refractivity contribution in [3.63, 3.8) is 0 Å². The number of carbonyl (C=O) groups excluding carboxylic acids is 2. The van der Waals surface area contributed by atoms with Crippen molar-refractivity contribution < 1.29 is 27.7 Å². The average molecular weight is 464 g/mol. The molecule has 162 valence electrons. The third kappa shape index (κ3) is 5.02. The summed E-state index contributed by atoms with van der Waals surface area (Å²) in [6, 6.07) is 9.15. The van der Waals surface area contributed by atoms with Crippen molar-refractivity contribution in [1.82, 2.24) is 4.57 Å². The summed E-state index contributed by atoms with van der Waals surface area (Å²) in [6.45, 7) is 0.133. The van der Waals surface area contributed by atoms with Gasteiger partial charge in [0.15, 0.2) is 4.80 Å². The Kier molecular flexibility index (Phi) is 6.29. The number of methoxy groups -OCH3 is 1. The molecule has 0 saturated heterocycles. The molecule has 0 spiro atoms. The van der Waals surface area contributed by atoms with Gasteiger partial charge in [0.25, 0.3) is 11.6 Å². The van der Waals surface area contributed by atoms with Crippen molar-refractivity contribution in [3.8, 4) is 0 Å². The summed E-state index contributed by atoms with van der Waals surface area (Å²) in [5.74, 6) is -1.12. The standard InChI is InChI=1S/C18H16N4O7S2/c1-29-16(23)8-9-21-14-7-6-13(31(19,27)28)10-15(14)30-18(21)20-17(24)11-2-4-12(5-3-11)22(25)26/h2-7,10H,8-9H2,1H3,(H2,19,27,28). The molecule has 0 aliphatic heterocycles. The number of esters is 1. The highest BCUT2D eigenvalue weighted by Gasteiger charge is 2.15. The summed E-state index contributed by atoms with van der Waals surface area (Å²) in [7, 11) is -2.68. The second-order valence-corrected chi connectivity index (χ2v) is 8.83. The number of primary sulfonamides is 1. The van der Waals surface area contributed by atoms with Crippen LogP contribution >= 0.6 is 11.3 Å². The third-order valence-electron chi connectivity index (χ3n) is 4.27. The van der Waals surface area contributed by atoms with Crippen LogP contribution in [0.5, 0.6) is 0 Å². The van der Waals surface area contributed by atoms with Gasteiger partial charge in [-0.1, -0.05) is 11.3 Å². The maximum atomic E-state index is 12.6. The van der Waals surface area contributed by atoms with Crippen LogP contribution in [-0.4, -0.2) is 36.9 Å². The number of amides is 1. The van der Waals surface area contributed by atoms with E-state index in [9.17, 15) is 28.1 Å². The molecule has 0 aliphatic carbocycles. The number of benzene rings is 2. The maximum Gasteiger partial charge on any atom is 0.307 e. The minimum absolute atomic E-state index is 0.00180. The molecule has 0 atom stereocenters. The van der Waals surface area contributed by atoms with Crippen molar-refractivity contribution >= 4 is 49.1 Å². The van der Waals surface area contributed by atoms with Crippen molar-refractivity contribution in [3.05, 3.63) is 62.9 Å². The summed E-state index contributed by atoms with van der Waals surface area (Å²) in [6.07, 6.45) is -0.00180. The van der Waals surface area contributed by atoms with E-state index >= 15 is 0 Å². The molecular weight excluding hydrogens is 448 g/mol. The van der Waals surface area contributed by atoms with E-state index in [0.717, 1.165) is 11.3 Å². The molecule has 2 aromatic carbocycles. The number of aryl methyl sites for hydroxylation is 1. The van der Waals surface area contributed by atoms with Gasteiger partial charge in [-0.15, -0.1) is 0 Å². The number of carbonyl (C=O) groups is 2. The fraction of sp³-hybridized carbons (Fsp3) is 0.167. The lowest BCUT2D eigenvalue weighted by molar-refractivity contribution is -0.384. The minimum Gasteiger partial charge on any atom is -0.469 e. The molecule has 0 radical (unpaired) electrons. The highest BCUT2D eigenvalue weighted by atomic mass is 32.2. The first-order valence-corrected chi connectivity index (χ1v) is 11.0. The Balaban J connectivity index is 2.10. The SMILES string of the molecule is COC(=O)CCn1c(=NC(=O)c2ccc([N+](=O)[O-])cc2)sc2cc(S(N)(=O)=O)ccc21. The molecule has 1 amide bonds. The van der Waals surface area contributed by atoms with E-state index in [1.165, 1.54) is 49.6 Å². The molecule has 0 fully saturated rings. The number of nitrogens with zero attached hydrogens (tertiary/aromatic N) is 3. The van der Waals surface area contributed by atoms with Gasteiger partial charge in [-0.25, -0.2) is 13.6 Å². The Morgan fingerprint density at radius 1 is 1.23 bits per heavy atom. The number of ether oxygens (including phenoxy) is 1. The number of nitrogens with two attached hydrogens (primary N) is 1. The van der Waals surface area contributed by atoms with Crippen LogP contribution in [-0.2, 0) is 26.1 Å². The van der Waals surface area contributed by atoms with E-state index in [1.807, 2.05) is 0 Å². The van der Waals surface area contributed by atoms with Crippen molar-refractivity contribution in [1.29, 1.82) is 0 Å². The molecule has 1 heterocycles. The van der Waals surface area contributed by atoms with E-state index in [2.05, 4.69) is 9.73 Å². The number of aromatic nitrogens is 1. The predicted molar refractivity (Wildman–Crippen MR) is 111 cm³/mol. The molecular formula is C18H16N4O7S2. The summed E-state index contributed by atoms with van der Waals surface area (Å²) in [5.41, 5.74) is 0.520. The van der Waals surface area contributed by atoms with Crippen LogP contribution in [0, 0.1) is 10.1 Å². The van der Waals surface area contributed by atoms with Gasteiger partial charge in [-0.2, -0.15) is 4.99 Å². The smallest absolute Gasteiger partial charge is 0.307 e. The van der Waals surface area contributed by atoms with Gasteiger partial charge in [0, 0.05) is 24.2 Å². The molecule has 0 aliphatic rings. The molecule has 3 rings (SSSR count). The number of thiazole rings is 1. The van der Waals surface area contributed by atoms with Crippen molar-refractivity contribution in [2.45, 2.75) is 17.9 Å². The van der Waals surface area contributed by atoms with Gasteiger partial charge in [0.05, 0.1) is 33.6 Å². The highest BCUT2D eigenvalue weighted by molar-refractivity contribution is 7.89. The number of sulfonamides is 1. The Morgan fingerprint density at radius 3 is 2.48 bits per heavy atom. The van der Waals surface area contributed by atoms with Crippen LogP contribution in [0.25, 0.3) is 10.2 Å². The number of non-ortho nitro benzene ring substituents is 1. The highest BCUT2D eigenvalue weighted by Crippen LogP contribution is 2.22. The molecule has 0 saturated carbocycles. The topological polar surface area (TPSA) is 164 Å². The van der Waals surface area contributed by atoms with E-state index in [1.54, 1.807) is 4.57 Å². The lowest BCUT2D eigenvalue weighted by Gasteiger charge is -2.05. The number of nitro benzene ring substituents is 1. The molecule has 2 N–H and O–H groups in total. The second-order valence-electron chi connectivity index (χ2n) is 6.26. The fourth-order valence-corrected chi connectivity index (χ4v) is 4.42. The quantitative estimate of drug-likeness (QED) is 0.328. The summed E-state index contributed by atoms with van der Waals surface area (Å²) in [5, 5.41) is 16.0. The van der Waals surface area contributed by atoms with Crippen molar-refractivity contribution in [2.24, 2.45) is 10.1 Å². The summed E-state index contributed by atoms with van der Waals surface area (Å²) >= 11 is 1.04. The first-order valence-electron chi connectivity index (χ1n) is 8.66. The normalized spacial score (nSPS) is 12.1. The van der Waals surface area contributed by atoms with Crippen LogP contribution < -0.4 is 9.94 Å². The Morgan fingerprint density at radius 2 is 1.90 bits per heavy atom. The zero-order chi connectivity index (χ0) is 22.8. The van der Waals surface area contributed by atoms with E-state index in [4.69, 9.17) is 5.14 Å². The zero-order valence-corrected chi connectivity index (χ0v) is 17.7. The molecule has 3 aromatic rings. The number of fused-ring (bicyclic) bond motifs is 1. The average Bonchev–Trinajstić information content (AvgIpc) is 3.07. The lowest BCUT2D eigenvalue weighted by atomic mass is 10.2. The van der Waals surface area contributed by atoms with Crippen LogP contribution in [0.1, 0.15) is 16.8 Å². The summed E-state index contributed by atoms with van der Waals surface area (Å²) in [4.78, 5) is 38.6. The first kappa shape index (κ1) is 22.3. The van der Waals surface area contributed by atoms with E-state index in [-0.39, 0.29) is 33.9 Å². The van der Waals surface area contributed by atoms with Crippen molar-refractivity contribution in [2.75, 3.05) is 7.11 Å². The Hall–Kier alpha value is -3.42. The van der Waals surface area contributed by atoms with Crippen LogP contribution in [0.15, 0.2) is 52.4 Å². The van der Waals surface area contributed by atoms with Gasteiger partial charge in [0.1, 0.15) is 0 Å². The molecule has 11 nitrogen and oxygen atoms in total. The van der Waals surface area contributed by atoms with E-state index < -0.39 is 26.8 Å². The van der Waals surface area contributed by atoms with Gasteiger partial charge < -0.3 is 9.30 Å².